The lowest BCUT2D eigenvalue weighted by Crippen LogP contribution is -2.33. The average Bonchev–Trinajstić information content (AvgIpc) is 2.28. The highest BCUT2D eigenvalue weighted by atomic mass is 35.5. The minimum absolute atomic E-state index is 0. The molecule has 0 saturated carbocycles. The number of hydrogen-bond acceptors (Lipinski definition) is 4. The first kappa shape index (κ1) is 15.7. The summed E-state index contributed by atoms with van der Waals surface area (Å²) in [5.41, 5.74) is 5.86. The summed E-state index contributed by atoms with van der Waals surface area (Å²) < 4.78 is 0. The van der Waals surface area contributed by atoms with E-state index in [1.165, 1.54) is 0 Å². The van der Waals surface area contributed by atoms with Crippen molar-refractivity contribution in [2.75, 3.05) is 32.4 Å². The molecule has 17 heavy (non-hydrogen) atoms. The van der Waals surface area contributed by atoms with Crippen molar-refractivity contribution in [1.29, 1.82) is 0 Å². The number of carbonyl (C=O) groups is 1. The number of likely N-dealkylation sites (N-methyl/N-ethyl adjacent to an activating group) is 1. The van der Waals surface area contributed by atoms with E-state index in [1.807, 2.05) is 7.05 Å². The summed E-state index contributed by atoms with van der Waals surface area (Å²) in [4.78, 5) is 17.7. The van der Waals surface area contributed by atoms with Gasteiger partial charge in [0.05, 0.1) is 0 Å². The molecule has 96 valence electrons. The third kappa shape index (κ3) is 5.51. The van der Waals surface area contributed by atoms with Gasteiger partial charge >= 0.3 is 0 Å². The SMILES string of the molecule is CCN(C)CCNC(=O)c1cccc(N)n1.Cl. The molecule has 0 atom stereocenters. The highest BCUT2D eigenvalue weighted by Crippen LogP contribution is 1.99. The van der Waals surface area contributed by atoms with E-state index in [4.69, 9.17) is 5.73 Å². The Hall–Kier alpha value is -1.33. The first-order chi connectivity index (χ1) is 7.63. The Morgan fingerprint density at radius 3 is 2.82 bits per heavy atom. The lowest BCUT2D eigenvalue weighted by molar-refractivity contribution is 0.0945. The van der Waals surface area contributed by atoms with Gasteiger partial charge in [0.2, 0.25) is 0 Å². The fraction of sp³-hybridized carbons (Fsp3) is 0.455. The quantitative estimate of drug-likeness (QED) is 0.818. The Kier molecular flexibility index (Phi) is 7.25. The number of amides is 1. The number of hydrogen-bond donors (Lipinski definition) is 2. The number of anilines is 1. The van der Waals surface area contributed by atoms with Crippen LogP contribution < -0.4 is 11.1 Å². The molecule has 0 aliphatic heterocycles. The van der Waals surface area contributed by atoms with Crippen molar-refractivity contribution in [3.63, 3.8) is 0 Å². The molecule has 0 fully saturated rings. The van der Waals surface area contributed by atoms with Gasteiger partial charge in [0.15, 0.2) is 0 Å². The van der Waals surface area contributed by atoms with Gasteiger partial charge in [-0.25, -0.2) is 4.98 Å². The molecule has 0 saturated heterocycles. The molecular weight excluding hydrogens is 240 g/mol. The summed E-state index contributed by atoms with van der Waals surface area (Å²) in [6, 6.07) is 5.02. The predicted octanol–water partition coefficient (Wildman–Crippen LogP) is 0.767. The maximum Gasteiger partial charge on any atom is 0.270 e. The molecule has 5 nitrogen and oxygen atoms in total. The molecular formula is C11H19ClN4O. The van der Waals surface area contributed by atoms with Crippen molar-refractivity contribution >= 4 is 24.1 Å². The molecule has 1 aromatic heterocycles. The molecule has 6 heteroatoms. The number of nitrogens with two attached hydrogens (primary N) is 1. The summed E-state index contributed by atoms with van der Waals surface area (Å²) in [7, 11) is 2.00. The Bertz CT molecular complexity index is 359. The van der Waals surface area contributed by atoms with Gasteiger partial charge < -0.3 is 16.0 Å². The van der Waals surface area contributed by atoms with Crippen LogP contribution in [0.25, 0.3) is 0 Å². The number of pyridine rings is 1. The molecule has 1 amide bonds. The normalized spacial score (nSPS) is 9.82. The summed E-state index contributed by atoms with van der Waals surface area (Å²) in [6.45, 7) is 4.47. The summed E-state index contributed by atoms with van der Waals surface area (Å²) in [5, 5.41) is 2.79. The van der Waals surface area contributed by atoms with Crippen LogP contribution in [0.5, 0.6) is 0 Å². The maximum atomic E-state index is 11.6. The number of rotatable bonds is 5. The van der Waals surface area contributed by atoms with E-state index < -0.39 is 0 Å². The lowest BCUT2D eigenvalue weighted by Gasteiger charge is -2.13. The number of nitrogen functional groups attached to an aromatic ring is 1. The zero-order chi connectivity index (χ0) is 12.0. The highest BCUT2D eigenvalue weighted by Gasteiger charge is 2.06. The Balaban J connectivity index is 0.00000256. The Morgan fingerprint density at radius 1 is 1.53 bits per heavy atom. The van der Waals surface area contributed by atoms with E-state index in [0.717, 1.165) is 13.1 Å². The van der Waals surface area contributed by atoms with Crippen molar-refractivity contribution in [3.05, 3.63) is 23.9 Å². The van der Waals surface area contributed by atoms with Crippen molar-refractivity contribution in [3.8, 4) is 0 Å². The van der Waals surface area contributed by atoms with Crippen LogP contribution in [0.4, 0.5) is 5.82 Å². The number of nitrogens with zero attached hydrogens (tertiary/aromatic N) is 2. The number of nitrogens with one attached hydrogen (secondary N) is 1. The van der Waals surface area contributed by atoms with Crippen LogP contribution in [0.2, 0.25) is 0 Å². The molecule has 0 aromatic carbocycles. The third-order valence-electron chi connectivity index (χ3n) is 2.32. The van der Waals surface area contributed by atoms with Crippen LogP contribution in [0.15, 0.2) is 18.2 Å². The summed E-state index contributed by atoms with van der Waals surface area (Å²) in [5.74, 6) is 0.176. The number of halogens is 1. The molecule has 0 bridgehead atoms. The second-order valence-electron chi connectivity index (χ2n) is 3.60. The van der Waals surface area contributed by atoms with E-state index in [9.17, 15) is 4.79 Å². The average molecular weight is 259 g/mol. The minimum Gasteiger partial charge on any atom is -0.384 e. The van der Waals surface area contributed by atoms with Gasteiger partial charge in [0, 0.05) is 13.1 Å². The standard InChI is InChI=1S/C11H18N4O.ClH/c1-3-15(2)8-7-13-11(16)9-5-4-6-10(12)14-9;/h4-6H,3,7-8H2,1-2H3,(H2,12,14)(H,13,16);1H. The second kappa shape index (κ2) is 7.86. The second-order valence-corrected chi connectivity index (χ2v) is 3.60. The molecule has 0 aliphatic rings. The van der Waals surface area contributed by atoms with E-state index in [2.05, 4.69) is 22.1 Å². The largest absolute Gasteiger partial charge is 0.384 e. The zero-order valence-electron chi connectivity index (χ0n) is 10.1. The fourth-order valence-electron chi connectivity index (χ4n) is 1.19. The Labute approximate surface area is 108 Å². The predicted molar refractivity (Wildman–Crippen MR) is 71.4 cm³/mol. The third-order valence-corrected chi connectivity index (χ3v) is 2.32. The fourth-order valence-corrected chi connectivity index (χ4v) is 1.19. The van der Waals surface area contributed by atoms with Gasteiger partial charge in [-0.3, -0.25) is 4.79 Å². The first-order valence-corrected chi connectivity index (χ1v) is 5.32. The molecule has 0 aliphatic carbocycles. The molecule has 1 rings (SSSR count). The summed E-state index contributed by atoms with van der Waals surface area (Å²) in [6.07, 6.45) is 0. The van der Waals surface area contributed by atoms with Crippen molar-refractivity contribution in [2.45, 2.75) is 6.92 Å². The van der Waals surface area contributed by atoms with Gasteiger partial charge in [-0.05, 0) is 25.7 Å². The zero-order valence-corrected chi connectivity index (χ0v) is 11.0. The molecule has 1 heterocycles. The number of aromatic nitrogens is 1. The molecule has 0 unspecified atom stereocenters. The van der Waals surface area contributed by atoms with E-state index in [0.29, 0.717) is 18.1 Å². The van der Waals surface area contributed by atoms with Crippen molar-refractivity contribution < 1.29 is 4.79 Å². The number of carbonyl (C=O) groups excluding carboxylic acids is 1. The van der Waals surface area contributed by atoms with Gasteiger partial charge in [0.25, 0.3) is 5.91 Å². The van der Waals surface area contributed by atoms with Crippen LogP contribution in [-0.2, 0) is 0 Å². The van der Waals surface area contributed by atoms with E-state index in [1.54, 1.807) is 18.2 Å². The molecule has 0 spiro atoms. The highest BCUT2D eigenvalue weighted by molar-refractivity contribution is 5.92. The Morgan fingerprint density at radius 2 is 2.24 bits per heavy atom. The van der Waals surface area contributed by atoms with Crippen molar-refractivity contribution in [1.82, 2.24) is 15.2 Å². The van der Waals surface area contributed by atoms with E-state index >= 15 is 0 Å². The first-order valence-electron chi connectivity index (χ1n) is 5.32. The van der Waals surface area contributed by atoms with E-state index in [-0.39, 0.29) is 18.3 Å². The molecule has 3 N–H and O–H groups in total. The summed E-state index contributed by atoms with van der Waals surface area (Å²) >= 11 is 0. The van der Waals surface area contributed by atoms with Crippen LogP contribution in [0.1, 0.15) is 17.4 Å². The maximum absolute atomic E-state index is 11.6. The smallest absolute Gasteiger partial charge is 0.270 e. The van der Waals surface area contributed by atoms with Gasteiger partial charge in [-0.1, -0.05) is 13.0 Å². The monoisotopic (exact) mass is 258 g/mol. The van der Waals surface area contributed by atoms with Gasteiger partial charge in [-0.15, -0.1) is 12.4 Å². The topological polar surface area (TPSA) is 71.2 Å². The van der Waals surface area contributed by atoms with Crippen LogP contribution in [0, 0.1) is 0 Å². The van der Waals surface area contributed by atoms with Crippen LogP contribution >= 0.6 is 12.4 Å². The van der Waals surface area contributed by atoms with Gasteiger partial charge in [-0.2, -0.15) is 0 Å². The minimum atomic E-state index is -0.184. The van der Waals surface area contributed by atoms with Gasteiger partial charge in [0.1, 0.15) is 11.5 Å². The van der Waals surface area contributed by atoms with Crippen molar-refractivity contribution in [2.24, 2.45) is 0 Å². The van der Waals surface area contributed by atoms with Crippen LogP contribution in [-0.4, -0.2) is 42.5 Å². The van der Waals surface area contributed by atoms with Crippen LogP contribution in [0.3, 0.4) is 0 Å². The molecule has 0 radical (unpaired) electrons. The molecule has 1 aromatic rings. The lowest BCUT2D eigenvalue weighted by atomic mass is 10.3.